The van der Waals surface area contributed by atoms with Gasteiger partial charge < -0.3 is 9.64 Å². The van der Waals surface area contributed by atoms with E-state index in [2.05, 4.69) is 11.5 Å². The van der Waals surface area contributed by atoms with Crippen molar-refractivity contribution in [1.82, 2.24) is 4.90 Å². The van der Waals surface area contributed by atoms with Crippen LogP contribution in [0.2, 0.25) is 0 Å². The van der Waals surface area contributed by atoms with E-state index in [-0.39, 0.29) is 4.70 Å². The quantitative estimate of drug-likeness (QED) is 0.519. The van der Waals surface area contributed by atoms with Crippen molar-refractivity contribution in [3.63, 3.8) is 0 Å². The van der Waals surface area contributed by atoms with Crippen molar-refractivity contribution >= 4 is 0 Å². The zero-order valence-corrected chi connectivity index (χ0v) is 5.38. The second-order valence-electron chi connectivity index (χ2n) is 1.83. The first kappa shape index (κ1) is 8.43. The van der Waals surface area contributed by atoms with Gasteiger partial charge in [0, 0.05) is 13.1 Å². The summed E-state index contributed by atoms with van der Waals surface area (Å²) in [4.78, 5) is 2.16. The molecule has 1 rings (SSSR count). The Kier molecular flexibility index (Phi) is 4.05. The largest absolute Gasteiger partial charge is 0.378 e. The molecule has 0 radical (unpaired) electrons. The van der Waals surface area contributed by atoms with Gasteiger partial charge in [-0.1, -0.05) is 6.58 Å². The lowest BCUT2D eigenvalue weighted by atomic mass is 10.5. The van der Waals surface area contributed by atoms with Gasteiger partial charge in [-0.05, 0) is 6.20 Å². The molecule has 1 aliphatic heterocycles. The summed E-state index contributed by atoms with van der Waals surface area (Å²) in [6.45, 7) is 7.37. The fourth-order valence-electron chi connectivity index (χ4n) is 0.760. The van der Waals surface area contributed by atoms with Crippen LogP contribution in [0, 0.1) is 0 Å². The van der Waals surface area contributed by atoms with Crippen LogP contribution in [-0.4, -0.2) is 31.2 Å². The first-order valence-electron chi connectivity index (χ1n) is 2.88. The van der Waals surface area contributed by atoms with Crippen LogP contribution in [0.15, 0.2) is 12.8 Å². The predicted molar refractivity (Wildman–Crippen MR) is 35.1 cm³/mol. The van der Waals surface area contributed by atoms with E-state index in [1.165, 1.54) is 0 Å². The molecule has 0 saturated carbocycles. The Bertz CT molecular complexity index is 81.1. The Morgan fingerprint density at radius 3 is 2.22 bits per heavy atom. The van der Waals surface area contributed by atoms with Crippen molar-refractivity contribution in [3.8, 4) is 0 Å². The Labute approximate surface area is 54.5 Å². The molecule has 3 heteroatoms. The molecule has 1 heterocycles. The zero-order chi connectivity index (χ0) is 5.82. The fourth-order valence-corrected chi connectivity index (χ4v) is 0.760. The molecule has 9 heavy (non-hydrogen) atoms. The topological polar surface area (TPSA) is 12.5 Å². The summed E-state index contributed by atoms with van der Waals surface area (Å²) in [6.07, 6.45) is 1.86. The molecule has 54 valence electrons. The molecule has 0 spiro atoms. The zero-order valence-electron chi connectivity index (χ0n) is 5.38. The highest BCUT2D eigenvalue weighted by Gasteiger charge is 2.02. The first-order chi connectivity index (χ1) is 3.93. The van der Waals surface area contributed by atoms with Crippen molar-refractivity contribution in [2.75, 3.05) is 26.3 Å². The number of halogens is 1. The van der Waals surface area contributed by atoms with Gasteiger partial charge in [-0.15, -0.1) is 0 Å². The smallest absolute Gasteiger partial charge is 0.0642 e. The minimum absolute atomic E-state index is 0. The third-order valence-corrected chi connectivity index (χ3v) is 1.30. The monoisotopic (exact) mass is 133 g/mol. The minimum Gasteiger partial charge on any atom is -0.378 e. The van der Waals surface area contributed by atoms with Gasteiger partial charge in [-0.3, -0.25) is 4.70 Å². The van der Waals surface area contributed by atoms with Gasteiger partial charge in [0.25, 0.3) is 0 Å². The van der Waals surface area contributed by atoms with E-state index in [1.807, 2.05) is 6.20 Å². The molecule has 1 saturated heterocycles. The fraction of sp³-hybridized carbons (Fsp3) is 0.667. The van der Waals surface area contributed by atoms with Gasteiger partial charge in [0.1, 0.15) is 0 Å². The normalized spacial score (nSPS) is 18.4. The molecule has 2 nitrogen and oxygen atoms in total. The number of morpholine rings is 1. The van der Waals surface area contributed by atoms with E-state index in [9.17, 15) is 0 Å². The maximum absolute atomic E-state index is 5.11. The highest BCUT2D eigenvalue weighted by atomic mass is 19.0. The second-order valence-corrected chi connectivity index (χ2v) is 1.83. The van der Waals surface area contributed by atoms with Crippen LogP contribution in [0.4, 0.5) is 4.70 Å². The summed E-state index contributed by atoms with van der Waals surface area (Å²) in [5, 5.41) is 0. The molecule has 0 aromatic heterocycles. The number of hydrogen-bond donors (Lipinski definition) is 0. The first-order valence-corrected chi connectivity index (χ1v) is 2.88. The average molecular weight is 133 g/mol. The Morgan fingerprint density at radius 2 is 1.89 bits per heavy atom. The van der Waals surface area contributed by atoms with Crippen molar-refractivity contribution in [3.05, 3.63) is 12.8 Å². The summed E-state index contributed by atoms with van der Waals surface area (Å²) < 4.78 is 5.11. The lowest BCUT2D eigenvalue weighted by Gasteiger charge is -2.24. The van der Waals surface area contributed by atoms with Crippen LogP contribution in [0.25, 0.3) is 0 Å². The predicted octanol–water partition coefficient (Wildman–Crippen LogP) is 0.615. The summed E-state index contributed by atoms with van der Waals surface area (Å²) in [5.74, 6) is 0. The number of rotatable bonds is 1. The molecule has 0 aromatic rings. The van der Waals surface area contributed by atoms with E-state index in [4.69, 9.17) is 4.74 Å². The van der Waals surface area contributed by atoms with Crippen molar-refractivity contribution in [1.29, 1.82) is 0 Å². The molecule has 0 aromatic carbocycles. The summed E-state index contributed by atoms with van der Waals surface area (Å²) in [6, 6.07) is 0. The molecule has 1 aliphatic rings. The SMILES string of the molecule is C=CN1CCOCC1.F. The number of hydrogen-bond acceptors (Lipinski definition) is 2. The van der Waals surface area contributed by atoms with Crippen molar-refractivity contribution in [2.24, 2.45) is 0 Å². The van der Waals surface area contributed by atoms with Crippen molar-refractivity contribution in [2.45, 2.75) is 0 Å². The molecule has 0 aliphatic carbocycles. The van der Waals surface area contributed by atoms with E-state index in [0.717, 1.165) is 26.3 Å². The second kappa shape index (κ2) is 4.32. The Hall–Kier alpha value is -0.570. The highest BCUT2D eigenvalue weighted by Crippen LogP contribution is 1.94. The van der Waals surface area contributed by atoms with Crippen LogP contribution in [0.3, 0.4) is 0 Å². The standard InChI is InChI=1S/C6H11NO.FH/c1-2-7-3-5-8-6-4-7;/h2H,1,3-6H2;1H. The number of ether oxygens (including phenoxy) is 1. The van der Waals surface area contributed by atoms with Crippen LogP contribution < -0.4 is 0 Å². The summed E-state index contributed by atoms with van der Waals surface area (Å²) >= 11 is 0. The molecular formula is C6H12FNO. The molecule has 0 bridgehead atoms. The Morgan fingerprint density at radius 1 is 1.33 bits per heavy atom. The molecule has 0 unspecified atom stereocenters. The lowest BCUT2D eigenvalue weighted by Crippen LogP contribution is -2.31. The average Bonchev–Trinajstić information content (AvgIpc) is 1.90. The highest BCUT2D eigenvalue weighted by molar-refractivity contribution is 4.72. The van der Waals surface area contributed by atoms with E-state index in [1.54, 1.807) is 0 Å². The molecule has 0 amide bonds. The third kappa shape index (κ3) is 2.46. The van der Waals surface area contributed by atoms with E-state index < -0.39 is 0 Å². The molecular weight excluding hydrogens is 121 g/mol. The molecule has 0 atom stereocenters. The lowest BCUT2D eigenvalue weighted by molar-refractivity contribution is 0.0596. The summed E-state index contributed by atoms with van der Waals surface area (Å²) in [5.41, 5.74) is 0. The van der Waals surface area contributed by atoms with Gasteiger partial charge in [-0.2, -0.15) is 0 Å². The van der Waals surface area contributed by atoms with Gasteiger partial charge >= 0.3 is 0 Å². The van der Waals surface area contributed by atoms with Crippen molar-refractivity contribution < 1.29 is 9.44 Å². The van der Waals surface area contributed by atoms with Crippen LogP contribution >= 0.6 is 0 Å². The Balaban J connectivity index is 0.000000640. The molecule has 0 N–H and O–H groups in total. The number of nitrogens with zero attached hydrogens (tertiary/aromatic N) is 1. The maximum Gasteiger partial charge on any atom is 0.0642 e. The van der Waals surface area contributed by atoms with E-state index in [0.29, 0.717) is 0 Å². The third-order valence-electron chi connectivity index (χ3n) is 1.30. The van der Waals surface area contributed by atoms with E-state index >= 15 is 0 Å². The van der Waals surface area contributed by atoms with Gasteiger partial charge in [0.05, 0.1) is 13.2 Å². The van der Waals surface area contributed by atoms with Gasteiger partial charge in [-0.25, -0.2) is 0 Å². The minimum atomic E-state index is 0. The maximum atomic E-state index is 5.11. The van der Waals surface area contributed by atoms with Gasteiger partial charge in [0.15, 0.2) is 0 Å². The van der Waals surface area contributed by atoms with Gasteiger partial charge in [0.2, 0.25) is 0 Å². The van der Waals surface area contributed by atoms with Crippen LogP contribution in [-0.2, 0) is 4.74 Å². The van der Waals surface area contributed by atoms with Crippen LogP contribution in [0.5, 0.6) is 0 Å². The van der Waals surface area contributed by atoms with Crippen LogP contribution in [0.1, 0.15) is 0 Å². The summed E-state index contributed by atoms with van der Waals surface area (Å²) in [7, 11) is 0. The molecule has 1 fully saturated rings.